The van der Waals surface area contributed by atoms with Gasteiger partial charge in [-0.3, -0.25) is 0 Å². The molecular formula is C47H23N. The highest BCUT2D eigenvalue weighted by Crippen LogP contribution is 2.08. The van der Waals surface area contributed by atoms with Crippen LogP contribution in [-0.4, -0.2) is 4.98 Å². The molecule has 0 atom stereocenters. The molecule has 2 aromatic heterocycles. The Bertz CT molecular complexity index is 1960. The Morgan fingerprint density at radius 1 is 0.229 bits per heavy atom. The summed E-state index contributed by atoms with van der Waals surface area (Å²) in [5, 5.41) is 8.81. The third-order valence-electron chi connectivity index (χ3n) is 7.14. The molecule has 5 aromatic carbocycles. The van der Waals surface area contributed by atoms with Crippen LogP contribution in [0.5, 0.6) is 0 Å². The van der Waals surface area contributed by atoms with E-state index in [1.807, 2.05) is 140 Å². The van der Waals surface area contributed by atoms with E-state index in [1.54, 1.807) is 0 Å². The molecule has 1 nitrogen and oxygen atoms in total. The monoisotopic (exact) mass is 601 g/mol. The van der Waals surface area contributed by atoms with Gasteiger partial charge in [0.2, 0.25) is 0 Å². The van der Waals surface area contributed by atoms with Gasteiger partial charge in [0.15, 0.2) is 0 Å². The third kappa shape index (κ3) is 8.00. The fourth-order valence-corrected chi connectivity index (χ4v) is 4.80. The number of rotatable bonds is 0. The van der Waals surface area contributed by atoms with Crippen LogP contribution in [0, 0.1) is 72.8 Å². The van der Waals surface area contributed by atoms with Crippen LogP contribution in [0.4, 0.5) is 0 Å². The predicted molar refractivity (Wildman–Crippen MR) is 195 cm³/mol. The first-order chi connectivity index (χ1) is 23.7. The minimum Gasteiger partial charge on any atom is -0.231 e. The average Bonchev–Trinajstić information content (AvgIpc) is 3.14. The van der Waals surface area contributed by atoms with Crippen molar-refractivity contribution in [2.24, 2.45) is 0 Å². The standard InChI is InChI=1S/C47H23N/c1-7-36-19-21-38-9-2-11-40(32-38)23-25-42-13-4-15-44(34-42)27-29-46-17-6-18-47(48-46)30-28-45-16-5-14-43(35-45)26-24-41-12-3-10-39(33-41)22-20-37(8-1)31-36/h1-18,31-35H. The predicted octanol–water partition coefficient (Wildman–Crippen LogP) is 10.7. The molecule has 216 valence electrons. The van der Waals surface area contributed by atoms with E-state index in [9.17, 15) is 0 Å². The first-order valence-corrected chi connectivity index (χ1v) is 15.3. The number of nitrogens with zero attached hydrogens (tertiary/aromatic N) is 1. The smallest absolute Gasteiger partial charge is 0.115 e. The van der Waals surface area contributed by atoms with Crippen molar-refractivity contribution in [3.05, 3.63) is 212 Å². The summed E-state index contributed by atoms with van der Waals surface area (Å²) in [5.74, 6) is 0. The molecule has 0 fully saturated rings. The van der Waals surface area contributed by atoms with Crippen molar-refractivity contribution in [1.82, 2.24) is 4.98 Å². The van der Waals surface area contributed by atoms with E-state index in [1.165, 1.54) is 0 Å². The van der Waals surface area contributed by atoms with E-state index in [0.717, 1.165) is 53.9 Å². The van der Waals surface area contributed by atoms with Gasteiger partial charge >= 0.3 is 0 Å². The summed E-state index contributed by atoms with van der Waals surface area (Å²) in [6.45, 7) is 0. The second-order valence-corrected chi connectivity index (χ2v) is 10.8. The van der Waals surface area contributed by atoms with Crippen LogP contribution in [0.15, 0.2) is 140 Å². The van der Waals surface area contributed by atoms with Gasteiger partial charge in [-0.05, 0) is 115 Å². The lowest BCUT2D eigenvalue weighted by molar-refractivity contribution is 1.48. The summed E-state index contributed by atoms with van der Waals surface area (Å²) in [5.41, 5.74) is 1.29. The van der Waals surface area contributed by atoms with Gasteiger partial charge < -0.3 is 0 Å². The molecule has 2 heterocycles. The SMILES string of the molecule is c1c2cccc(c#cc3cccc(c#cc4cccc(c#cc5cccc(c#cc6cccc(c#cc7cccc(c#1)c7)c6)n5)c4)c3)c2. The molecule has 0 N–H and O–H groups in total. The van der Waals surface area contributed by atoms with Gasteiger partial charge in [0, 0.05) is 53.9 Å². The summed E-state index contributed by atoms with van der Waals surface area (Å²) in [6, 6.07) is 84.3. The van der Waals surface area contributed by atoms with E-state index >= 15 is 0 Å². The average molecular weight is 602 g/mol. The normalized spacial score (nSPS) is 9.50. The van der Waals surface area contributed by atoms with Crippen LogP contribution in [0.2, 0.25) is 0 Å². The maximum Gasteiger partial charge on any atom is 0.115 e. The number of pyridine rings is 1. The first kappa shape index (κ1) is 29.3. The van der Waals surface area contributed by atoms with Crippen molar-refractivity contribution < 1.29 is 0 Å². The highest BCUT2D eigenvalue weighted by Gasteiger charge is 1.87. The van der Waals surface area contributed by atoms with Gasteiger partial charge in [0.05, 0.1) is 0 Å². The van der Waals surface area contributed by atoms with Crippen LogP contribution in [-0.2, 0) is 0 Å². The number of aromatic nitrogens is 1. The van der Waals surface area contributed by atoms with E-state index < -0.39 is 0 Å². The van der Waals surface area contributed by atoms with E-state index in [4.69, 9.17) is 0 Å². The molecule has 1 heteroatoms. The first-order valence-electron chi connectivity index (χ1n) is 15.3. The topological polar surface area (TPSA) is 12.9 Å². The Labute approximate surface area is 281 Å². The molecule has 7 aromatic rings. The van der Waals surface area contributed by atoms with Crippen molar-refractivity contribution >= 4 is 64.9 Å². The van der Waals surface area contributed by atoms with Gasteiger partial charge in [0.1, 0.15) is 11.0 Å². The number of hydrogen-bond donors (Lipinski definition) is 0. The Hall–Kier alpha value is -7.39. The van der Waals surface area contributed by atoms with E-state index in [0.29, 0.717) is 11.0 Å². The molecular weight excluding hydrogens is 579 g/mol. The summed E-state index contributed by atoms with van der Waals surface area (Å²) in [6.07, 6.45) is 0. The zero-order valence-electron chi connectivity index (χ0n) is 25.7. The molecule has 12 bridgehead atoms. The van der Waals surface area contributed by atoms with Crippen molar-refractivity contribution in [2.75, 3.05) is 0 Å². The lowest BCUT2D eigenvalue weighted by atomic mass is 10.2. The Morgan fingerprint density at radius 2 is 0.417 bits per heavy atom. The highest BCUT2D eigenvalue weighted by atomic mass is 14.7. The van der Waals surface area contributed by atoms with Crippen molar-refractivity contribution in [3.8, 4) is 0 Å². The molecule has 0 spiro atoms. The quantitative estimate of drug-likeness (QED) is 0.169. The third-order valence-corrected chi connectivity index (χ3v) is 7.14. The Morgan fingerprint density at radius 3 is 0.646 bits per heavy atom. The second-order valence-electron chi connectivity index (χ2n) is 10.8. The van der Waals surface area contributed by atoms with Crippen LogP contribution in [0.3, 0.4) is 0 Å². The summed E-state index contributed by atoms with van der Waals surface area (Å²) >= 11 is 0. The van der Waals surface area contributed by atoms with Gasteiger partial charge in [0.25, 0.3) is 0 Å². The van der Waals surface area contributed by atoms with Crippen molar-refractivity contribution in [3.63, 3.8) is 0 Å². The Balaban J connectivity index is 1.40. The summed E-state index contributed by atoms with van der Waals surface area (Å²) in [7, 11) is 0. The maximum atomic E-state index is 4.64. The molecule has 0 saturated heterocycles. The lowest BCUT2D eigenvalue weighted by Gasteiger charge is -1.86. The minimum absolute atomic E-state index is 0.647. The summed E-state index contributed by atoms with van der Waals surface area (Å²) < 4.78 is 0. The molecule has 0 aliphatic rings. The molecule has 48 heavy (non-hydrogen) atoms. The largest absolute Gasteiger partial charge is 0.231 e. The molecule has 0 amide bonds. The van der Waals surface area contributed by atoms with Crippen LogP contribution in [0.1, 0.15) is 0 Å². The van der Waals surface area contributed by atoms with Gasteiger partial charge in [-0.25, -0.2) is 4.98 Å². The van der Waals surface area contributed by atoms with Crippen molar-refractivity contribution in [1.29, 1.82) is 0 Å². The van der Waals surface area contributed by atoms with Gasteiger partial charge in [-0.15, -0.1) is 0 Å². The zero-order chi connectivity index (χ0) is 32.4. The van der Waals surface area contributed by atoms with Crippen LogP contribution < -0.4 is 0 Å². The highest BCUT2D eigenvalue weighted by molar-refractivity contribution is 5.70. The number of fused-ring (bicyclic) bond motifs is 12. The number of hydrogen-bond acceptors (Lipinski definition) is 1. The van der Waals surface area contributed by atoms with E-state index in [-0.39, 0.29) is 0 Å². The molecule has 0 saturated carbocycles. The molecule has 0 radical (unpaired) electrons. The van der Waals surface area contributed by atoms with E-state index in [2.05, 4.69) is 77.8 Å². The second kappa shape index (κ2) is 14.1. The zero-order valence-corrected chi connectivity index (χ0v) is 25.7. The molecule has 7 rings (SSSR count). The molecule has 0 unspecified atom stereocenters. The van der Waals surface area contributed by atoms with Crippen LogP contribution >= 0.6 is 0 Å². The van der Waals surface area contributed by atoms with Gasteiger partial charge in [-0.1, -0.05) is 97.1 Å². The fourth-order valence-electron chi connectivity index (χ4n) is 4.80. The summed E-state index contributed by atoms with van der Waals surface area (Å²) in [4.78, 5) is 4.64. The minimum atomic E-state index is 0.647. The maximum absolute atomic E-state index is 4.64. The lowest BCUT2D eigenvalue weighted by Crippen LogP contribution is -1.70. The van der Waals surface area contributed by atoms with Crippen LogP contribution in [0.25, 0.3) is 64.9 Å². The Kier molecular flexibility index (Phi) is 8.64. The number of benzene rings is 5. The van der Waals surface area contributed by atoms with Crippen molar-refractivity contribution in [2.45, 2.75) is 0 Å². The molecule has 0 aliphatic heterocycles. The molecule has 0 aliphatic carbocycles. The van der Waals surface area contributed by atoms with Gasteiger partial charge in [-0.2, -0.15) is 0 Å². The fraction of sp³-hybridized carbons (Fsp3) is 0.